The molecule has 1 nitrogen and oxygen atoms in total. The highest BCUT2D eigenvalue weighted by Crippen LogP contribution is 2.09. The van der Waals surface area contributed by atoms with E-state index in [1.807, 2.05) is 0 Å². The zero-order valence-corrected chi connectivity index (χ0v) is 12.1. The van der Waals surface area contributed by atoms with Gasteiger partial charge >= 0.3 is 0 Å². The predicted molar refractivity (Wildman–Crippen MR) is 75.0 cm³/mol. The van der Waals surface area contributed by atoms with Crippen molar-refractivity contribution >= 4 is 0 Å². The van der Waals surface area contributed by atoms with E-state index < -0.39 is 0 Å². The van der Waals surface area contributed by atoms with E-state index in [0.29, 0.717) is 5.54 Å². The largest absolute Gasteiger partial charge is 0.312 e. The van der Waals surface area contributed by atoms with Gasteiger partial charge in [-0.1, -0.05) is 58.3 Å². The molecular weight excluding hydrogens is 194 g/mol. The maximum atomic E-state index is 3.54. The molecule has 0 fully saturated rings. The first-order valence-corrected chi connectivity index (χ1v) is 7.31. The van der Waals surface area contributed by atoms with Crippen LogP contribution in [-0.4, -0.2) is 12.1 Å². The second kappa shape index (κ2) is 10.1. The van der Waals surface area contributed by atoms with Crippen LogP contribution in [0.2, 0.25) is 0 Å². The summed E-state index contributed by atoms with van der Waals surface area (Å²) >= 11 is 0. The van der Waals surface area contributed by atoms with Crippen molar-refractivity contribution < 1.29 is 0 Å². The van der Waals surface area contributed by atoms with E-state index in [2.05, 4.69) is 33.0 Å². The van der Waals surface area contributed by atoms with Crippen LogP contribution in [0.15, 0.2) is 0 Å². The van der Waals surface area contributed by atoms with Crippen molar-refractivity contribution in [3.8, 4) is 0 Å². The maximum Gasteiger partial charge on any atom is 0.00965 e. The van der Waals surface area contributed by atoms with Crippen LogP contribution in [0.25, 0.3) is 0 Å². The van der Waals surface area contributed by atoms with E-state index in [1.54, 1.807) is 0 Å². The van der Waals surface area contributed by atoms with Gasteiger partial charge in [0, 0.05) is 5.54 Å². The quantitative estimate of drug-likeness (QED) is 0.523. The number of rotatable bonds is 10. The minimum Gasteiger partial charge on any atom is -0.312 e. The summed E-state index contributed by atoms with van der Waals surface area (Å²) in [5.74, 6) is 0. The molecule has 0 radical (unpaired) electrons. The van der Waals surface area contributed by atoms with Gasteiger partial charge in [0.25, 0.3) is 0 Å². The molecule has 98 valence electrons. The summed E-state index contributed by atoms with van der Waals surface area (Å²) in [6.45, 7) is 10.2. The number of nitrogens with one attached hydrogen (secondary N) is 1. The summed E-state index contributed by atoms with van der Waals surface area (Å²) in [6.07, 6.45) is 12.7. The smallest absolute Gasteiger partial charge is 0.00965 e. The van der Waals surface area contributed by atoms with Gasteiger partial charge in [-0.15, -0.1) is 0 Å². The first kappa shape index (κ1) is 16.0. The predicted octanol–water partition coefficient (Wildman–Crippen LogP) is 4.91. The van der Waals surface area contributed by atoms with Crippen LogP contribution in [0, 0.1) is 0 Å². The summed E-state index contributed by atoms with van der Waals surface area (Å²) in [4.78, 5) is 0. The van der Waals surface area contributed by atoms with E-state index in [0.717, 1.165) is 0 Å². The lowest BCUT2D eigenvalue weighted by Gasteiger charge is -2.20. The highest BCUT2D eigenvalue weighted by Gasteiger charge is 2.06. The van der Waals surface area contributed by atoms with E-state index in [4.69, 9.17) is 0 Å². The van der Waals surface area contributed by atoms with Crippen LogP contribution in [0.5, 0.6) is 0 Å². The van der Waals surface area contributed by atoms with E-state index in [9.17, 15) is 0 Å². The lowest BCUT2D eigenvalue weighted by molar-refractivity contribution is 0.415. The van der Waals surface area contributed by atoms with Crippen LogP contribution in [0.3, 0.4) is 0 Å². The normalized spacial score (nSPS) is 12.0. The van der Waals surface area contributed by atoms with Crippen molar-refractivity contribution in [1.29, 1.82) is 0 Å². The van der Waals surface area contributed by atoms with E-state index >= 15 is 0 Å². The Morgan fingerprint density at radius 1 is 0.688 bits per heavy atom. The summed E-state index contributed by atoms with van der Waals surface area (Å²) in [6, 6.07) is 0. The number of unbranched alkanes of at least 4 members (excludes halogenated alkanes) is 8. The molecule has 1 N–H and O–H groups in total. The molecule has 0 unspecified atom stereocenters. The fourth-order valence-corrected chi connectivity index (χ4v) is 1.90. The van der Waals surface area contributed by atoms with Gasteiger partial charge in [-0.3, -0.25) is 0 Å². The molecule has 0 aromatic heterocycles. The summed E-state index contributed by atoms with van der Waals surface area (Å²) < 4.78 is 0. The molecule has 0 rings (SSSR count). The third kappa shape index (κ3) is 14.0. The van der Waals surface area contributed by atoms with Gasteiger partial charge in [0.2, 0.25) is 0 Å². The van der Waals surface area contributed by atoms with Crippen molar-refractivity contribution in [1.82, 2.24) is 5.32 Å². The second-order valence-corrected chi connectivity index (χ2v) is 6.01. The molecule has 0 aliphatic carbocycles. The fourth-order valence-electron chi connectivity index (χ4n) is 1.90. The molecule has 0 bridgehead atoms. The minimum atomic E-state index is 0.292. The summed E-state index contributed by atoms with van der Waals surface area (Å²) in [5, 5.41) is 3.54. The Morgan fingerprint density at radius 2 is 1.12 bits per heavy atom. The number of hydrogen-bond acceptors (Lipinski definition) is 1. The first-order valence-electron chi connectivity index (χ1n) is 7.31. The molecule has 0 aliphatic heterocycles. The highest BCUT2D eigenvalue weighted by atomic mass is 14.9. The molecule has 0 aliphatic rings. The Kier molecular flexibility index (Phi) is 10.1. The van der Waals surface area contributed by atoms with Crippen LogP contribution in [-0.2, 0) is 0 Å². The van der Waals surface area contributed by atoms with Crippen LogP contribution in [0.1, 0.15) is 85.5 Å². The molecule has 0 aromatic carbocycles. The van der Waals surface area contributed by atoms with Crippen LogP contribution >= 0.6 is 0 Å². The van der Waals surface area contributed by atoms with Crippen molar-refractivity contribution in [2.45, 2.75) is 91.0 Å². The zero-order chi connectivity index (χ0) is 12.3. The molecule has 0 atom stereocenters. The van der Waals surface area contributed by atoms with Gasteiger partial charge in [-0.25, -0.2) is 0 Å². The SMILES string of the molecule is CCCCCCCCCCCNC(C)(C)C. The average molecular weight is 227 g/mol. The monoisotopic (exact) mass is 227 g/mol. The Morgan fingerprint density at radius 3 is 1.56 bits per heavy atom. The van der Waals surface area contributed by atoms with Gasteiger partial charge < -0.3 is 5.32 Å². The lowest BCUT2D eigenvalue weighted by atomic mass is 10.1. The minimum absolute atomic E-state index is 0.292. The Hall–Kier alpha value is -0.0400. The van der Waals surface area contributed by atoms with Crippen LogP contribution < -0.4 is 5.32 Å². The van der Waals surface area contributed by atoms with Gasteiger partial charge in [0.15, 0.2) is 0 Å². The molecule has 16 heavy (non-hydrogen) atoms. The maximum absolute atomic E-state index is 3.54. The van der Waals surface area contributed by atoms with Gasteiger partial charge in [0.1, 0.15) is 0 Å². The van der Waals surface area contributed by atoms with Gasteiger partial charge in [-0.05, 0) is 33.7 Å². The third-order valence-electron chi connectivity index (χ3n) is 2.94. The van der Waals surface area contributed by atoms with E-state index in [-0.39, 0.29) is 0 Å². The molecule has 0 heterocycles. The molecule has 0 aromatic rings. The Balaban J connectivity index is 2.99. The standard InChI is InChI=1S/C15H33N/c1-5-6-7-8-9-10-11-12-13-14-16-15(2,3)4/h16H,5-14H2,1-4H3. The fraction of sp³-hybridized carbons (Fsp3) is 1.00. The van der Waals surface area contributed by atoms with Gasteiger partial charge in [0.05, 0.1) is 0 Å². The van der Waals surface area contributed by atoms with E-state index in [1.165, 1.54) is 64.3 Å². The molecule has 0 spiro atoms. The van der Waals surface area contributed by atoms with Gasteiger partial charge in [-0.2, -0.15) is 0 Å². The van der Waals surface area contributed by atoms with Crippen molar-refractivity contribution in [2.75, 3.05) is 6.54 Å². The number of hydrogen-bond donors (Lipinski definition) is 1. The van der Waals surface area contributed by atoms with Crippen molar-refractivity contribution in [2.24, 2.45) is 0 Å². The topological polar surface area (TPSA) is 12.0 Å². The average Bonchev–Trinajstić information content (AvgIpc) is 2.19. The summed E-state index contributed by atoms with van der Waals surface area (Å²) in [7, 11) is 0. The third-order valence-corrected chi connectivity index (χ3v) is 2.94. The van der Waals surface area contributed by atoms with Crippen molar-refractivity contribution in [3.63, 3.8) is 0 Å². The second-order valence-electron chi connectivity index (χ2n) is 6.01. The first-order chi connectivity index (χ1) is 7.56. The Labute approximate surface area is 103 Å². The molecule has 0 saturated carbocycles. The van der Waals surface area contributed by atoms with Crippen molar-refractivity contribution in [3.05, 3.63) is 0 Å². The molecule has 0 saturated heterocycles. The Bertz CT molecular complexity index is 135. The lowest BCUT2D eigenvalue weighted by Crippen LogP contribution is -2.36. The van der Waals surface area contributed by atoms with Crippen LogP contribution in [0.4, 0.5) is 0 Å². The molecular formula is C15H33N. The molecule has 0 amide bonds. The zero-order valence-electron chi connectivity index (χ0n) is 12.1. The molecule has 1 heteroatoms. The summed E-state index contributed by atoms with van der Waals surface area (Å²) in [5.41, 5.74) is 0.292. The highest BCUT2D eigenvalue weighted by molar-refractivity contribution is 4.69.